The molecule has 0 saturated carbocycles. The first-order valence-electron chi connectivity index (χ1n) is 9.06. The first-order chi connectivity index (χ1) is 14.5. The van der Waals surface area contributed by atoms with Crippen LogP contribution in [0.5, 0.6) is 5.75 Å². The van der Waals surface area contributed by atoms with Crippen LogP contribution in [0.1, 0.15) is 0 Å². The summed E-state index contributed by atoms with van der Waals surface area (Å²) in [4.78, 5) is 13.5. The van der Waals surface area contributed by atoms with Crippen molar-refractivity contribution in [2.45, 2.75) is 0 Å². The Morgan fingerprint density at radius 1 is 1.00 bits per heavy atom. The van der Waals surface area contributed by atoms with Crippen LogP contribution in [0.3, 0.4) is 0 Å². The van der Waals surface area contributed by atoms with E-state index < -0.39 is 11.7 Å². The van der Waals surface area contributed by atoms with E-state index in [0.29, 0.717) is 16.5 Å². The minimum absolute atomic E-state index is 0.0320. The maximum Gasteiger partial charge on any atom is 0.166 e. The third-order valence-corrected chi connectivity index (χ3v) is 4.32. The largest absolute Gasteiger partial charge is 0.507 e. The highest BCUT2D eigenvalue weighted by Gasteiger charge is 2.14. The number of aromatic nitrogens is 2. The van der Waals surface area contributed by atoms with Gasteiger partial charge in [-0.25, -0.2) is 29.2 Å². The molecule has 0 amide bonds. The number of rotatable bonds is 2. The zero-order valence-electron chi connectivity index (χ0n) is 15.7. The summed E-state index contributed by atoms with van der Waals surface area (Å²) in [6, 6.07) is 13.9. The Bertz CT molecular complexity index is 1230. The predicted molar refractivity (Wildman–Crippen MR) is 112 cm³/mol. The van der Waals surface area contributed by atoms with Crippen molar-refractivity contribution in [1.82, 2.24) is 20.8 Å². The van der Waals surface area contributed by atoms with Crippen LogP contribution < -0.4 is 10.9 Å². The highest BCUT2D eigenvalue weighted by atomic mass is 19.1. The van der Waals surface area contributed by atoms with Crippen LogP contribution in [-0.4, -0.2) is 27.5 Å². The lowest BCUT2D eigenvalue weighted by molar-refractivity contribution is 0.477. The standard InChI is InChI=1S/C22H17F2N5O/c1-13-10-14(23)11-15(24)12-25-29-20(13)27-21-16-6-2-4-8-18(16)26-22(28-21)17-7-3-5-9-19(17)30/h2-11,25,30H,1,12H2,(H,26,27,28,29)/b14-10+,15-11+. The molecule has 1 aliphatic heterocycles. The molecule has 2 heterocycles. The molecule has 0 fully saturated rings. The second-order valence-corrected chi connectivity index (χ2v) is 6.49. The SMILES string of the molecule is C=C1/C=C(F)\C=C(\F)CNNC1=Nc1nc(-c2ccccc2O)nc2ccccc12. The molecule has 1 aromatic heterocycles. The lowest BCUT2D eigenvalue weighted by Gasteiger charge is -2.12. The third-order valence-electron chi connectivity index (χ3n) is 4.32. The average Bonchev–Trinajstić information content (AvgIpc) is 2.77. The van der Waals surface area contributed by atoms with E-state index in [0.717, 1.165) is 12.2 Å². The van der Waals surface area contributed by atoms with Gasteiger partial charge in [-0.3, -0.25) is 0 Å². The van der Waals surface area contributed by atoms with Crippen LogP contribution in [0.25, 0.3) is 22.3 Å². The molecule has 0 spiro atoms. The molecule has 3 N–H and O–H groups in total. The first kappa shape index (κ1) is 19.4. The van der Waals surface area contributed by atoms with E-state index in [1.165, 1.54) is 0 Å². The van der Waals surface area contributed by atoms with Crippen LogP contribution in [-0.2, 0) is 0 Å². The second-order valence-electron chi connectivity index (χ2n) is 6.49. The molecule has 150 valence electrons. The van der Waals surface area contributed by atoms with Crippen molar-refractivity contribution in [1.29, 1.82) is 0 Å². The van der Waals surface area contributed by atoms with Gasteiger partial charge in [-0.1, -0.05) is 30.8 Å². The number of hydrogen-bond donors (Lipinski definition) is 3. The van der Waals surface area contributed by atoms with Crippen molar-refractivity contribution in [3.63, 3.8) is 0 Å². The van der Waals surface area contributed by atoms with E-state index in [-0.39, 0.29) is 35.3 Å². The molecule has 0 bridgehead atoms. The van der Waals surface area contributed by atoms with Gasteiger partial charge in [0.05, 0.1) is 17.6 Å². The smallest absolute Gasteiger partial charge is 0.166 e. The van der Waals surface area contributed by atoms with Gasteiger partial charge in [-0.05, 0) is 30.3 Å². The minimum atomic E-state index is -0.779. The summed E-state index contributed by atoms with van der Waals surface area (Å²) in [5, 5.41) is 10.8. The molecule has 0 radical (unpaired) electrons. The molecular weight excluding hydrogens is 388 g/mol. The van der Waals surface area contributed by atoms with E-state index >= 15 is 0 Å². The van der Waals surface area contributed by atoms with E-state index in [1.807, 2.05) is 12.1 Å². The summed E-state index contributed by atoms with van der Waals surface area (Å²) in [5.74, 6) is -0.698. The Labute approximate surface area is 171 Å². The van der Waals surface area contributed by atoms with Gasteiger partial charge >= 0.3 is 0 Å². The van der Waals surface area contributed by atoms with Crippen molar-refractivity contribution in [3.05, 3.63) is 84.5 Å². The number of hydrazine groups is 1. The van der Waals surface area contributed by atoms with E-state index in [9.17, 15) is 13.9 Å². The fourth-order valence-electron chi connectivity index (χ4n) is 2.90. The van der Waals surface area contributed by atoms with E-state index in [1.54, 1.807) is 36.4 Å². The Hall–Kier alpha value is -3.91. The maximum absolute atomic E-state index is 13.9. The number of para-hydroxylation sites is 2. The summed E-state index contributed by atoms with van der Waals surface area (Å²) in [7, 11) is 0. The van der Waals surface area contributed by atoms with Crippen molar-refractivity contribution in [2.75, 3.05) is 6.54 Å². The van der Waals surface area contributed by atoms with Crippen LogP contribution >= 0.6 is 0 Å². The number of nitrogens with zero attached hydrogens (tertiary/aromatic N) is 3. The number of hydrogen-bond acceptors (Lipinski definition) is 5. The number of allylic oxidation sites excluding steroid dienone is 2. The summed E-state index contributed by atoms with van der Waals surface area (Å²) in [5.41, 5.74) is 6.63. The number of fused-ring (bicyclic) bond motifs is 1. The third kappa shape index (κ3) is 4.08. The van der Waals surface area contributed by atoms with Crippen molar-refractivity contribution >= 4 is 22.6 Å². The van der Waals surface area contributed by atoms with Crippen LogP contribution in [0.15, 0.2) is 89.5 Å². The number of benzene rings is 2. The van der Waals surface area contributed by atoms with Gasteiger partial charge in [-0.2, -0.15) is 0 Å². The quantitative estimate of drug-likeness (QED) is 0.589. The minimum Gasteiger partial charge on any atom is -0.507 e. The van der Waals surface area contributed by atoms with Crippen LogP contribution in [0, 0.1) is 0 Å². The fourth-order valence-corrected chi connectivity index (χ4v) is 2.90. The lowest BCUT2D eigenvalue weighted by atomic mass is 10.1. The van der Waals surface area contributed by atoms with Crippen LogP contribution in [0.4, 0.5) is 14.6 Å². The number of halogens is 2. The highest BCUT2D eigenvalue weighted by Crippen LogP contribution is 2.31. The monoisotopic (exact) mass is 405 g/mol. The molecule has 4 rings (SSSR count). The molecule has 0 unspecified atom stereocenters. The number of amidine groups is 1. The average molecular weight is 405 g/mol. The van der Waals surface area contributed by atoms with Crippen molar-refractivity contribution in [2.24, 2.45) is 4.99 Å². The Balaban J connectivity index is 1.86. The number of aliphatic imine (C=N–C) groups is 1. The zero-order chi connectivity index (χ0) is 21.1. The fraction of sp³-hybridized carbons (Fsp3) is 0.0455. The van der Waals surface area contributed by atoms with Gasteiger partial charge in [0.2, 0.25) is 0 Å². The second kappa shape index (κ2) is 8.22. The summed E-state index contributed by atoms with van der Waals surface area (Å²) >= 11 is 0. The number of phenolic OH excluding ortho intramolecular Hbond substituents is 1. The molecule has 0 aliphatic carbocycles. The van der Waals surface area contributed by atoms with Crippen molar-refractivity contribution < 1.29 is 13.9 Å². The van der Waals surface area contributed by atoms with E-state index in [4.69, 9.17) is 0 Å². The number of aromatic hydroxyl groups is 1. The Morgan fingerprint density at radius 3 is 2.60 bits per heavy atom. The Morgan fingerprint density at radius 2 is 1.77 bits per heavy atom. The lowest BCUT2D eigenvalue weighted by Crippen LogP contribution is -2.38. The molecule has 2 aromatic carbocycles. The summed E-state index contributed by atoms with van der Waals surface area (Å²) < 4.78 is 27.5. The van der Waals surface area contributed by atoms with Crippen molar-refractivity contribution in [3.8, 4) is 17.1 Å². The molecular formula is C22H17F2N5O. The first-order valence-corrected chi connectivity index (χ1v) is 9.06. The van der Waals surface area contributed by atoms with Gasteiger partial charge in [-0.15, -0.1) is 0 Å². The summed E-state index contributed by atoms with van der Waals surface area (Å²) in [6.45, 7) is 3.57. The van der Waals surface area contributed by atoms with Gasteiger partial charge < -0.3 is 10.5 Å². The number of phenols is 1. The van der Waals surface area contributed by atoms with Crippen LogP contribution in [0.2, 0.25) is 0 Å². The van der Waals surface area contributed by atoms with Gasteiger partial charge in [0.15, 0.2) is 11.6 Å². The molecule has 6 nitrogen and oxygen atoms in total. The zero-order valence-corrected chi connectivity index (χ0v) is 15.7. The normalized spacial score (nSPS) is 19.8. The highest BCUT2D eigenvalue weighted by molar-refractivity contribution is 6.03. The maximum atomic E-state index is 13.9. The molecule has 1 aliphatic rings. The van der Waals surface area contributed by atoms with E-state index in [2.05, 4.69) is 32.4 Å². The van der Waals surface area contributed by atoms with Gasteiger partial charge in [0, 0.05) is 17.0 Å². The molecule has 3 aromatic rings. The Kier molecular flexibility index (Phi) is 5.32. The topological polar surface area (TPSA) is 82.4 Å². The predicted octanol–water partition coefficient (Wildman–Crippen LogP) is 4.40. The molecule has 0 saturated heterocycles. The van der Waals surface area contributed by atoms with Gasteiger partial charge in [0.1, 0.15) is 23.2 Å². The number of nitrogens with one attached hydrogen (secondary N) is 2. The molecule has 30 heavy (non-hydrogen) atoms. The van der Waals surface area contributed by atoms with Gasteiger partial charge in [0.25, 0.3) is 0 Å². The molecule has 0 atom stereocenters. The summed E-state index contributed by atoms with van der Waals surface area (Å²) in [6.07, 6.45) is 1.85. The molecule has 8 heteroatoms.